The predicted octanol–water partition coefficient (Wildman–Crippen LogP) is 6.01. The largest absolute Gasteiger partial charge is 0.306 e. The van der Waals surface area contributed by atoms with Crippen molar-refractivity contribution >= 4 is 33.1 Å². The number of thioether (sulfide) groups is 1. The maximum atomic E-state index is 4.78. The van der Waals surface area contributed by atoms with Gasteiger partial charge in [0.25, 0.3) is 0 Å². The van der Waals surface area contributed by atoms with Gasteiger partial charge in [0.1, 0.15) is 5.37 Å². The molecular formula is C20H18N2S2. The van der Waals surface area contributed by atoms with Crippen molar-refractivity contribution in [1.82, 2.24) is 4.98 Å². The lowest BCUT2D eigenvalue weighted by Crippen LogP contribution is -2.16. The molecule has 0 spiro atoms. The monoisotopic (exact) mass is 350 g/mol. The molecule has 1 aromatic heterocycles. The number of hydrogen-bond donors (Lipinski definition) is 0. The van der Waals surface area contributed by atoms with Gasteiger partial charge in [-0.2, -0.15) is 0 Å². The number of rotatable bonds is 3. The highest BCUT2D eigenvalue weighted by Gasteiger charge is 2.30. The molecule has 0 aliphatic carbocycles. The van der Waals surface area contributed by atoms with E-state index in [2.05, 4.69) is 85.6 Å². The number of anilines is 1. The Labute approximate surface area is 150 Å². The van der Waals surface area contributed by atoms with Crippen molar-refractivity contribution in [3.8, 4) is 0 Å². The van der Waals surface area contributed by atoms with Gasteiger partial charge in [-0.3, -0.25) is 0 Å². The molecule has 4 heteroatoms. The zero-order valence-corrected chi connectivity index (χ0v) is 15.3. The van der Waals surface area contributed by atoms with Crippen LogP contribution in [0.3, 0.4) is 0 Å². The zero-order valence-electron chi connectivity index (χ0n) is 13.6. The summed E-state index contributed by atoms with van der Waals surface area (Å²) >= 11 is 3.65. The molecule has 0 fully saturated rings. The van der Waals surface area contributed by atoms with Crippen molar-refractivity contribution in [3.63, 3.8) is 0 Å². The first-order chi connectivity index (χ1) is 11.7. The van der Waals surface area contributed by atoms with Crippen LogP contribution in [-0.2, 0) is 0 Å². The quantitative estimate of drug-likeness (QED) is 0.575. The minimum Gasteiger partial charge on any atom is -0.306 e. The highest BCUT2D eigenvalue weighted by Crippen LogP contribution is 2.50. The smallest absolute Gasteiger partial charge is 0.191 e. The van der Waals surface area contributed by atoms with E-state index in [1.807, 2.05) is 11.8 Å². The van der Waals surface area contributed by atoms with Crippen LogP contribution in [0, 0.1) is 13.8 Å². The summed E-state index contributed by atoms with van der Waals surface area (Å²) in [5.74, 6) is 0. The summed E-state index contributed by atoms with van der Waals surface area (Å²) in [5.41, 5.74) is 3.68. The van der Waals surface area contributed by atoms with Crippen molar-refractivity contribution in [2.24, 2.45) is 0 Å². The molecule has 4 rings (SSSR count). The van der Waals surface area contributed by atoms with Gasteiger partial charge in [-0.1, -0.05) is 72.4 Å². The Hall–Kier alpha value is -2.04. The summed E-state index contributed by atoms with van der Waals surface area (Å²) in [5, 5.41) is 1.30. The summed E-state index contributed by atoms with van der Waals surface area (Å²) in [6.07, 6.45) is 2.25. The van der Waals surface area contributed by atoms with Gasteiger partial charge >= 0.3 is 0 Å². The maximum Gasteiger partial charge on any atom is 0.191 e. The van der Waals surface area contributed by atoms with Gasteiger partial charge in [0.2, 0.25) is 0 Å². The molecule has 0 N–H and O–H groups in total. The van der Waals surface area contributed by atoms with E-state index < -0.39 is 0 Å². The highest BCUT2D eigenvalue weighted by molar-refractivity contribution is 8.08. The lowest BCUT2D eigenvalue weighted by molar-refractivity contribution is 0.944. The first-order valence-electron chi connectivity index (χ1n) is 7.93. The van der Waals surface area contributed by atoms with E-state index in [0.717, 1.165) is 10.8 Å². The fourth-order valence-electron chi connectivity index (χ4n) is 2.71. The van der Waals surface area contributed by atoms with Gasteiger partial charge in [-0.05, 0) is 25.0 Å². The number of thiazole rings is 1. The molecule has 2 nitrogen and oxygen atoms in total. The number of nitrogens with zero attached hydrogens (tertiary/aromatic N) is 2. The Balaban J connectivity index is 1.76. The van der Waals surface area contributed by atoms with E-state index in [0.29, 0.717) is 0 Å². The average Bonchev–Trinajstić information content (AvgIpc) is 3.21. The molecule has 0 bridgehead atoms. The SMILES string of the molecule is Cc1nc(N2C=C(c3ccccc3)SC2c2ccccc2)sc1C. The molecule has 24 heavy (non-hydrogen) atoms. The van der Waals surface area contributed by atoms with Crippen LogP contribution in [0.15, 0.2) is 66.9 Å². The second-order valence-electron chi connectivity index (χ2n) is 5.79. The number of benzene rings is 2. The van der Waals surface area contributed by atoms with Crippen molar-refractivity contribution in [2.75, 3.05) is 4.90 Å². The van der Waals surface area contributed by atoms with Gasteiger partial charge < -0.3 is 4.90 Å². The van der Waals surface area contributed by atoms with Crippen LogP contribution in [0.5, 0.6) is 0 Å². The number of aryl methyl sites for hydroxylation is 2. The Bertz CT molecular complexity index is 850. The molecule has 1 aliphatic heterocycles. The average molecular weight is 351 g/mol. The van der Waals surface area contributed by atoms with Crippen molar-refractivity contribution in [1.29, 1.82) is 0 Å². The Morgan fingerprint density at radius 2 is 1.58 bits per heavy atom. The first kappa shape index (κ1) is 15.5. The number of aromatic nitrogens is 1. The summed E-state index contributed by atoms with van der Waals surface area (Å²) in [7, 11) is 0. The Morgan fingerprint density at radius 1 is 0.917 bits per heavy atom. The molecule has 120 valence electrons. The van der Waals surface area contributed by atoms with Crippen LogP contribution in [0.2, 0.25) is 0 Å². The van der Waals surface area contributed by atoms with Crippen molar-refractivity contribution in [3.05, 3.63) is 88.6 Å². The third kappa shape index (κ3) is 2.87. The summed E-state index contributed by atoms with van der Waals surface area (Å²) < 4.78 is 0. The van der Waals surface area contributed by atoms with E-state index in [-0.39, 0.29) is 5.37 Å². The standard InChI is InChI=1S/C20H18N2S2/c1-14-15(2)23-20(21-14)22-13-18(16-9-5-3-6-10-16)24-19(22)17-11-7-4-8-12-17/h3-13,19H,1-2H3. The van der Waals surface area contributed by atoms with Crippen LogP contribution >= 0.6 is 23.1 Å². The molecule has 1 atom stereocenters. The topological polar surface area (TPSA) is 16.1 Å². The molecular weight excluding hydrogens is 332 g/mol. The second-order valence-corrected chi connectivity index (χ2v) is 8.09. The van der Waals surface area contributed by atoms with Crippen LogP contribution in [0.25, 0.3) is 4.91 Å². The molecule has 1 unspecified atom stereocenters. The van der Waals surface area contributed by atoms with Gasteiger partial charge in [-0.25, -0.2) is 4.98 Å². The molecule has 2 aromatic carbocycles. The van der Waals surface area contributed by atoms with Crippen LogP contribution < -0.4 is 4.90 Å². The fourth-order valence-corrected chi connectivity index (χ4v) is 4.95. The van der Waals surface area contributed by atoms with Gasteiger partial charge in [0.15, 0.2) is 5.13 Å². The Kier molecular flexibility index (Phi) is 4.17. The van der Waals surface area contributed by atoms with Gasteiger partial charge in [-0.15, -0.1) is 11.3 Å². The minimum atomic E-state index is 0.228. The lowest BCUT2D eigenvalue weighted by Gasteiger charge is -2.22. The fraction of sp³-hybridized carbons (Fsp3) is 0.150. The third-order valence-corrected chi connectivity index (χ3v) is 6.53. The van der Waals surface area contributed by atoms with Crippen LogP contribution in [-0.4, -0.2) is 4.98 Å². The van der Waals surface area contributed by atoms with E-state index in [1.54, 1.807) is 11.3 Å². The lowest BCUT2D eigenvalue weighted by atomic mass is 10.2. The molecule has 0 saturated carbocycles. The van der Waals surface area contributed by atoms with E-state index in [9.17, 15) is 0 Å². The molecule has 0 saturated heterocycles. The Morgan fingerprint density at radius 3 is 2.21 bits per heavy atom. The zero-order chi connectivity index (χ0) is 16.5. The van der Waals surface area contributed by atoms with Crippen LogP contribution in [0.4, 0.5) is 5.13 Å². The van der Waals surface area contributed by atoms with E-state index >= 15 is 0 Å². The highest BCUT2D eigenvalue weighted by atomic mass is 32.2. The number of hydrogen-bond acceptors (Lipinski definition) is 4. The molecule has 0 amide bonds. The van der Waals surface area contributed by atoms with E-state index in [4.69, 9.17) is 4.98 Å². The van der Waals surface area contributed by atoms with Crippen molar-refractivity contribution < 1.29 is 0 Å². The predicted molar refractivity (Wildman–Crippen MR) is 105 cm³/mol. The normalized spacial score (nSPS) is 17.2. The van der Waals surface area contributed by atoms with Gasteiger partial charge in [0.05, 0.1) is 5.69 Å². The first-order valence-corrected chi connectivity index (χ1v) is 9.63. The third-order valence-electron chi connectivity index (χ3n) is 4.13. The second kappa shape index (κ2) is 6.46. The molecule has 3 aromatic rings. The van der Waals surface area contributed by atoms with Crippen LogP contribution in [0.1, 0.15) is 27.1 Å². The maximum absolute atomic E-state index is 4.78. The molecule has 2 heterocycles. The van der Waals surface area contributed by atoms with E-state index in [1.165, 1.54) is 20.9 Å². The summed E-state index contributed by atoms with van der Waals surface area (Å²) in [6.45, 7) is 4.22. The van der Waals surface area contributed by atoms with Crippen molar-refractivity contribution in [2.45, 2.75) is 19.2 Å². The van der Waals surface area contributed by atoms with Gasteiger partial charge in [0, 0.05) is 16.0 Å². The summed E-state index contributed by atoms with van der Waals surface area (Å²) in [6, 6.07) is 21.2. The molecule has 0 radical (unpaired) electrons. The summed E-state index contributed by atoms with van der Waals surface area (Å²) in [4.78, 5) is 9.66. The molecule has 1 aliphatic rings. The minimum absolute atomic E-state index is 0.228.